The second-order valence-corrected chi connectivity index (χ2v) is 7.58. The van der Waals surface area contributed by atoms with Crippen molar-refractivity contribution in [2.75, 3.05) is 13.1 Å². The molecule has 2 aliphatic carbocycles. The van der Waals surface area contributed by atoms with Gasteiger partial charge in [0.05, 0.1) is 0 Å². The monoisotopic (exact) mass is 238 g/mol. The molecule has 100 valence electrons. The maximum atomic E-state index is 6.23. The SMILES string of the molecule is CC(C)(N)C(C)(C)CNCC(C1CC1)C1CC1. The highest BCUT2D eigenvalue weighted by molar-refractivity contribution is 4.95. The highest BCUT2D eigenvalue weighted by atomic mass is 14.9. The Morgan fingerprint density at radius 3 is 1.88 bits per heavy atom. The van der Waals surface area contributed by atoms with E-state index in [-0.39, 0.29) is 11.0 Å². The highest BCUT2D eigenvalue weighted by Gasteiger charge is 2.41. The van der Waals surface area contributed by atoms with E-state index in [4.69, 9.17) is 5.73 Å². The Morgan fingerprint density at radius 1 is 1.06 bits per heavy atom. The van der Waals surface area contributed by atoms with Gasteiger partial charge in [0, 0.05) is 12.1 Å². The van der Waals surface area contributed by atoms with Crippen molar-refractivity contribution in [2.45, 2.75) is 58.9 Å². The van der Waals surface area contributed by atoms with Crippen molar-refractivity contribution < 1.29 is 0 Å². The summed E-state index contributed by atoms with van der Waals surface area (Å²) in [7, 11) is 0. The molecule has 2 fully saturated rings. The van der Waals surface area contributed by atoms with Gasteiger partial charge in [-0.05, 0) is 69.2 Å². The van der Waals surface area contributed by atoms with Crippen molar-refractivity contribution in [3.05, 3.63) is 0 Å². The third-order valence-corrected chi connectivity index (χ3v) is 5.15. The van der Waals surface area contributed by atoms with Crippen LogP contribution in [0.25, 0.3) is 0 Å². The van der Waals surface area contributed by atoms with Crippen LogP contribution in [0, 0.1) is 23.2 Å². The Labute approximate surface area is 107 Å². The Bertz CT molecular complexity index is 245. The fourth-order valence-corrected chi connectivity index (χ4v) is 2.55. The zero-order valence-electron chi connectivity index (χ0n) is 12.1. The molecular formula is C15H30N2. The molecule has 2 rings (SSSR count). The van der Waals surface area contributed by atoms with Gasteiger partial charge in [0.25, 0.3) is 0 Å². The van der Waals surface area contributed by atoms with E-state index in [9.17, 15) is 0 Å². The molecule has 0 aliphatic heterocycles. The minimum Gasteiger partial charge on any atom is -0.325 e. The quantitative estimate of drug-likeness (QED) is 0.716. The second kappa shape index (κ2) is 4.55. The van der Waals surface area contributed by atoms with E-state index in [1.165, 1.54) is 32.2 Å². The van der Waals surface area contributed by atoms with E-state index in [1.807, 2.05) is 0 Å². The molecule has 2 heteroatoms. The van der Waals surface area contributed by atoms with Gasteiger partial charge in [-0.15, -0.1) is 0 Å². The summed E-state index contributed by atoms with van der Waals surface area (Å²) >= 11 is 0. The third-order valence-electron chi connectivity index (χ3n) is 5.15. The van der Waals surface area contributed by atoms with Gasteiger partial charge in [-0.1, -0.05) is 13.8 Å². The molecule has 0 amide bonds. The molecule has 0 saturated heterocycles. The minimum atomic E-state index is -0.116. The smallest absolute Gasteiger partial charge is 0.0161 e. The summed E-state index contributed by atoms with van der Waals surface area (Å²) in [5.41, 5.74) is 6.28. The Morgan fingerprint density at radius 2 is 1.53 bits per heavy atom. The van der Waals surface area contributed by atoms with Gasteiger partial charge >= 0.3 is 0 Å². The number of nitrogens with one attached hydrogen (secondary N) is 1. The van der Waals surface area contributed by atoms with Crippen LogP contribution in [0.4, 0.5) is 0 Å². The van der Waals surface area contributed by atoms with E-state index in [1.54, 1.807) is 0 Å². The normalized spacial score (nSPS) is 22.2. The first-order valence-corrected chi connectivity index (χ1v) is 7.31. The van der Waals surface area contributed by atoms with Crippen molar-refractivity contribution in [1.29, 1.82) is 0 Å². The summed E-state index contributed by atoms with van der Waals surface area (Å²) in [6, 6.07) is 0. The average Bonchev–Trinajstić information content (AvgIpc) is 3.02. The molecular weight excluding hydrogens is 208 g/mol. The first kappa shape index (κ1) is 13.4. The Hall–Kier alpha value is -0.0800. The van der Waals surface area contributed by atoms with Gasteiger partial charge in [-0.2, -0.15) is 0 Å². The summed E-state index contributed by atoms with van der Waals surface area (Å²) in [4.78, 5) is 0. The molecule has 0 radical (unpaired) electrons. The number of nitrogens with two attached hydrogens (primary N) is 1. The van der Waals surface area contributed by atoms with Crippen LogP contribution >= 0.6 is 0 Å². The Kier molecular flexibility index (Phi) is 3.57. The highest BCUT2D eigenvalue weighted by Crippen LogP contribution is 2.48. The lowest BCUT2D eigenvalue weighted by Gasteiger charge is -2.39. The number of rotatable bonds is 7. The molecule has 3 N–H and O–H groups in total. The lowest BCUT2D eigenvalue weighted by atomic mass is 9.75. The molecule has 2 saturated carbocycles. The average molecular weight is 238 g/mol. The van der Waals surface area contributed by atoms with Crippen LogP contribution in [-0.4, -0.2) is 18.6 Å². The van der Waals surface area contributed by atoms with Gasteiger partial charge in [-0.3, -0.25) is 0 Å². The van der Waals surface area contributed by atoms with E-state index in [2.05, 4.69) is 33.0 Å². The lowest BCUT2D eigenvalue weighted by Crippen LogP contribution is -2.52. The fraction of sp³-hybridized carbons (Fsp3) is 1.00. The number of hydrogen-bond acceptors (Lipinski definition) is 2. The first-order valence-electron chi connectivity index (χ1n) is 7.31. The molecule has 0 aromatic carbocycles. The maximum Gasteiger partial charge on any atom is 0.0161 e. The van der Waals surface area contributed by atoms with E-state index in [0.717, 1.165) is 24.3 Å². The van der Waals surface area contributed by atoms with Crippen LogP contribution in [0.15, 0.2) is 0 Å². The van der Waals surface area contributed by atoms with Crippen molar-refractivity contribution in [1.82, 2.24) is 5.32 Å². The molecule has 0 atom stereocenters. The molecule has 0 aromatic heterocycles. The predicted molar refractivity (Wildman–Crippen MR) is 73.9 cm³/mol. The van der Waals surface area contributed by atoms with Gasteiger partial charge in [0.15, 0.2) is 0 Å². The lowest BCUT2D eigenvalue weighted by molar-refractivity contribution is 0.189. The van der Waals surface area contributed by atoms with Crippen LogP contribution < -0.4 is 11.1 Å². The zero-order chi connectivity index (χ0) is 12.7. The van der Waals surface area contributed by atoms with Crippen LogP contribution in [0.2, 0.25) is 0 Å². The molecule has 17 heavy (non-hydrogen) atoms. The van der Waals surface area contributed by atoms with E-state index < -0.39 is 0 Å². The van der Waals surface area contributed by atoms with Crippen molar-refractivity contribution in [2.24, 2.45) is 28.9 Å². The minimum absolute atomic E-state index is 0.116. The maximum absolute atomic E-state index is 6.23. The van der Waals surface area contributed by atoms with Crippen molar-refractivity contribution >= 4 is 0 Å². The molecule has 0 spiro atoms. The van der Waals surface area contributed by atoms with Gasteiger partial charge < -0.3 is 11.1 Å². The predicted octanol–water partition coefficient (Wildman–Crippen LogP) is 2.78. The Balaban J connectivity index is 1.74. The zero-order valence-corrected chi connectivity index (χ0v) is 12.1. The largest absolute Gasteiger partial charge is 0.325 e. The summed E-state index contributed by atoms with van der Waals surface area (Å²) < 4.78 is 0. The molecule has 0 heterocycles. The van der Waals surface area contributed by atoms with Gasteiger partial charge in [0.2, 0.25) is 0 Å². The molecule has 2 nitrogen and oxygen atoms in total. The number of hydrogen-bond donors (Lipinski definition) is 2. The summed E-state index contributed by atoms with van der Waals surface area (Å²) in [6.07, 6.45) is 5.92. The van der Waals surface area contributed by atoms with Gasteiger partial charge in [0.1, 0.15) is 0 Å². The van der Waals surface area contributed by atoms with Crippen molar-refractivity contribution in [3.8, 4) is 0 Å². The summed E-state index contributed by atoms with van der Waals surface area (Å²) in [5, 5.41) is 3.69. The molecule has 0 bridgehead atoms. The van der Waals surface area contributed by atoms with Crippen LogP contribution in [-0.2, 0) is 0 Å². The van der Waals surface area contributed by atoms with Crippen molar-refractivity contribution in [3.63, 3.8) is 0 Å². The molecule has 2 aliphatic rings. The standard InChI is InChI=1S/C15H30N2/c1-14(2,15(3,4)16)10-17-9-13(11-5-6-11)12-7-8-12/h11-13,17H,5-10,16H2,1-4H3. The van der Waals surface area contributed by atoms with Crippen LogP contribution in [0.1, 0.15) is 53.4 Å². The first-order chi connectivity index (χ1) is 7.81. The summed E-state index contributed by atoms with van der Waals surface area (Å²) in [6.45, 7) is 11.1. The van der Waals surface area contributed by atoms with E-state index >= 15 is 0 Å². The third kappa shape index (κ3) is 3.45. The van der Waals surface area contributed by atoms with Gasteiger partial charge in [-0.25, -0.2) is 0 Å². The summed E-state index contributed by atoms with van der Waals surface area (Å²) in [5.74, 6) is 3.06. The van der Waals surface area contributed by atoms with Crippen LogP contribution in [0.3, 0.4) is 0 Å². The molecule has 0 aromatic rings. The topological polar surface area (TPSA) is 38.0 Å². The van der Waals surface area contributed by atoms with E-state index in [0.29, 0.717) is 0 Å². The van der Waals surface area contributed by atoms with Crippen LogP contribution in [0.5, 0.6) is 0 Å². The molecule has 0 unspecified atom stereocenters. The fourth-order valence-electron chi connectivity index (χ4n) is 2.55. The second-order valence-electron chi connectivity index (χ2n) is 7.58.